The van der Waals surface area contributed by atoms with Crippen molar-refractivity contribution in [2.75, 3.05) is 6.54 Å². The van der Waals surface area contributed by atoms with Gasteiger partial charge in [0.05, 0.1) is 0 Å². The summed E-state index contributed by atoms with van der Waals surface area (Å²) in [5.41, 5.74) is 3.90. The molecule has 1 aromatic carbocycles. The van der Waals surface area contributed by atoms with Gasteiger partial charge in [-0.1, -0.05) is 12.1 Å². The van der Waals surface area contributed by atoms with Crippen molar-refractivity contribution in [3.05, 3.63) is 34.4 Å². The van der Waals surface area contributed by atoms with Gasteiger partial charge in [-0.3, -0.25) is 4.79 Å². The van der Waals surface area contributed by atoms with Gasteiger partial charge in [0.1, 0.15) is 11.2 Å². The molecule has 0 fully saturated rings. The van der Waals surface area contributed by atoms with E-state index in [1.807, 2.05) is 41.5 Å². The van der Waals surface area contributed by atoms with Crippen molar-refractivity contribution in [2.45, 2.75) is 85.5 Å². The van der Waals surface area contributed by atoms with Gasteiger partial charge in [-0.05, 0) is 83.6 Å². The van der Waals surface area contributed by atoms with E-state index in [4.69, 9.17) is 9.47 Å². The minimum Gasteiger partial charge on any atom is -0.460 e. The van der Waals surface area contributed by atoms with Gasteiger partial charge in [0.25, 0.3) is 0 Å². The summed E-state index contributed by atoms with van der Waals surface area (Å²) in [6.07, 6.45) is 1.59. The number of amides is 1. The lowest BCUT2D eigenvalue weighted by atomic mass is 9.90. The highest BCUT2D eigenvalue weighted by Gasteiger charge is 2.27. The normalized spacial score (nSPS) is 14.6. The van der Waals surface area contributed by atoms with E-state index in [-0.39, 0.29) is 12.1 Å². The summed E-state index contributed by atoms with van der Waals surface area (Å²) in [5, 5.41) is 0. The van der Waals surface area contributed by atoms with Crippen LogP contribution in [0.5, 0.6) is 0 Å². The predicted octanol–water partition coefficient (Wildman–Crippen LogP) is 4.56. The fourth-order valence-electron chi connectivity index (χ4n) is 3.27. The van der Waals surface area contributed by atoms with Gasteiger partial charge in [-0.2, -0.15) is 0 Å². The van der Waals surface area contributed by atoms with E-state index in [0.717, 1.165) is 12.0 Å². The first-order valence-corrected chi connectivity index (χ1v) is 9.66. The molecule has 0 radical (unpaired) electrons. The third kappa shape index (κ3) is 6.26. The molecule has 0 N–H and O–H groups in total. The number of benzene rings is 1. The van der Waals surface area contributed by atoms with Crippen LogP contribution in [0.15, 0.2) is 12.1 Å². The molecule has 0 aliphatic carbocycles. The molecule has 0 unspecified atom stereocenters. The Kier molecular flexibility index (Phi) is 6.23. The van der Waals surface area contributed by atoms with E-state index in [1.165, 1.54) is 16.7 Å². The fraction of sp³-hybridized carbons (Fsp3) is 0.636. The summed E-state index contributed by atoms with van der Waals surface area (Å²) in [7, 11) is 0. The van der Waals surface area contributed by atoms with Crippen LogP contribution in [0.25, 0.3) is 0 Å². The lowest BCUT2D eigenvalue weighted by molar-refractivity contribution is -0.154. The molecule has 0 saturated heterocycles. The Morgan fingerprint density at radius 1 is 1.04 bits per heavy atom. The topological polar surface area (TPSA) is 55.8 Å². The number of carbonyl (C=O) groups excluding carboxylic acids is 2. The zero-order valence-electron chi connectivity index (χ0n) is 17.8. The number of carbonyl (C=O) groups is 2. The van der Waals surface area contributed by atoms with Crippen molar-refractivity contribution in [1.29, 1.82) is 0 Å². The summed E-state index contributed by atoms with van der Waals surface area (Å²) >= 11 is 0. The summed E-state index contributed by atoms with van der Waals surface area (Å²) in [4.78, 5) is 26.1. The third-order valence-corrected chi connectivity index (χ3v) is 4.47. The average Bonchev–Trinajstić information content (AvgIpc) is 2.50. The molecule has 27 heavy (non-hydrogen) atoms. The van der Waals surface area contributed by atoms with Crippen molar-refractivity contribution in [3.8, 4) is 0 Å². The first-order valence-electron chi connectivity index (χ1n) is 9.66. The zero-order chi connectivity index (χ0) is 20.4. The Hall–Kier alpha value is -2.04. The molecule has 1 aromatic rings. The van der Waals surface area contributed by atoms with E-state index >= 15 is 0 Å². The van der Waals surface area contributed by atoms with E-state index in [9.17, 15) is 9.59 Å². The summed E-state index contributed by atoms with van der Waals surface area (Å²) in [5.74, 6) is -0.171. The molecule has 2 rings (SSSR count). The highest BCUT2D eigenvalue weighted by Crippen LogP contribution is 2.27. The average molecular weight is 376 g/mol. The van der Waals surface area contributed by atoms with Crippen LogP contribution in [-0.4, -0.2) is 34.7 Å². The van der Waals surface area contributed by atoms with Crippen LogP contribution in [0.4, 0.5) is 4.79 Å². The Balaban J connectivity index is 2.03. The highest BCUT2D eigenvalue weighted by atomic mass is 16.6. The molecule has 1 heterocycles. The molecule has 0 spiro atoms. The van der Waals surface area contributed by atoms with Gasteiger partial charge in [-0.15, -0.1) is 0 Å². The lowest BCUT2D eigenvalue weighted by Crippen LogP contribution is -2.40. The molecule has 0 atom stereocenters. The van der Waals surface area contributed by atoms with Crippen LogP contribution in [0.3, 0.4) is 0 Å². The van der Waals surface area contributed by atoms with Gasteiger partial charge in [0, 0.05) is 19.5 Å². The number of nitrogens with zero attached hydrogens (tertiary/aromatic N) is 1. The maximum absolute atomic E-state index is 12.3. The van der Waals surface area contributed by atoms with E-state index in [2.05, 4.69) is 19.1 Å². The smallest absolute Gasteiger partial charge is 0.410 e. The molecule has 0 bridgehead atoms. The molecule has 5 nitrogen and oxygen atoms in total. The molecule has 1 aliphatic rings. The quantitative estimate of drug-likeness (QED) is 0.727. The van der Waals surface area contributed by atoms with Crippen LogP contribution in [0.2, 0.25) is 0 Å². The van der Waals surface area contributed by atoms with Crippen molar-refractivity contribution in [2.24, 2.45) is 0 Å². The lowest BCUT2D eigenvalue weighted by Gasteiger charge is -2.32. The van der Waals surface area contributed by atoms with E-state index < -0.39 is 11.2 Å². The molecular formula is C22H33NO4. The molecule has 0 saturated carbocycles. The first kappa shape index (κ1) is 21.3. The molecule has 150 valence electrons. The number of hydrogen-bond donors (Lipinski definition) is 0. The summed E-state index contributed by atoms with van der Waals surface area (Å²) < 4.78 is 10.9. The van der Waals surface area contributed by atoms with Gasteiger partial charge in [-0.25, -0.2) is 4.79 Å². The molecular weight excluding hydrogens is 342 g/mol. The maximum atomic E-state index is 12.3. The standard InChI is InChI=1S/C22H33NO4/c1-15-16(10-11-19(24)26-21(2,3)4)8-9-17-14-23(13-12-18(15)17)20(25)27-22(5,6)7/h8-9H,10-14H2,1-7H3. The van der Waals surface area contributed by atoms with Crippen LogP contribution < -0.4 is 0 Å². The predicted molar refractivity (Wildman–Crippen MR) is 106 cm³/mol. The summed E-state index contributed by atoms with van der Waals surface area (Å²) in [6, 6.07) is 4.14. The van der Waals surface area contributed by atoms with Crippen molar-refractivity contribution >= 4 is 12.1 Å². The number of esters is 1. The molecule has 0 aromatic heterocycles. The fourth-order valence-corrected chi connectivity index (χ4v) is 3.27. The second-order valence-electron chi connectivity index (χ2n) is 9.23. The minimum atomic E-state index is -0.487. The third-order valence-electron chi connectivity index (χ3n) is 4.47. The van der Waals surface area contributed by atoms with E-state index in [0.29, 0.717) is 25.9 Å². The van der Waals surface area contributed by atoms with Crippen molar-refractivity contribution in [1.82, 2.24) is 4.90 Å². The number of ether oxygens (including phenoxy) is 2. The van der Waals surface area contributed by atoms with Gasteiger partial charge in [0.2, 0.25) is 0 Å². The van der Waals surface area contributed by atoms with Crippen LogP contribution >= 0.6 is 0 Å². The monoisotopic (exact) mass is 375 g/mol. The number of fused-ring (bicyclic) bond motifs is 1. The largest absolute Gasteiger partial charge is 0.460 e. The van der Waals surface area contributed by atoms with Crippen LogP contribution in [-0.2, 0) is 33.7 Å². The van der Waals surface area contributed by atoms with Crippen LogP contribution in [0.1, 0.15) is 70.2 Å². The minimum absolute atomic E-state index is 0.171. The van der Waals surface area contributed by atoms with Crippen molar-refractivity contribution < 1.29 is 19.1 Å². The van der Waals surface area contributed by atoms with Gasteiger partial charge in [0.15, 0.2) is 0 Å². The maximum Gasteiger partial charge on any atom is 0.410 e. The van der Waals surface area contributed by atoms with Crippen LogP contribution in [0, 0.1) is 6.92 Å². The van der Waals surface area contributed by atoms with Crippen molar-refractivity contribution in [3.63, 3.8) is 0 Å². The second-order valence-corrected chi connectivity index (χ2v) is 9.23. The molecule has 1 amide bonds. The first-order chi connectivity index (χ1) is 12.4. The molecule has 1 aliphatic heterocycles. The Bertz CT molecular complexity index is 710. The SMILES string of the molecule is Cc1c(CCC(=O)OC(C)(C)C)ccc2c1CCN(C(=O)OC(C)(C)C)C2. The van der Waals surface area contributed by atoms with Gasteiger partial charge < -0.3 is 14.4 Å². The number of aryl methyl sites for hydroxylation is 1. The summed E-state index contributed by atoms with van der Waals surface area (Å²) in [6.45, 7) is 14.6. The Labute approximate surface area is 163 Å². The molecule has 5 heteroatoms. The van der Waals surface area contributed by atoms with Gasteiger partial charge >= 0.3 is 12.1 Å². The Morgan fingerprint density at radius 2 is 1.67 bits per heavy atom. The Morgan fingerprint density at radius 3 is 2.26 bits per heavy atom. The highest BCUT2D eigenvalue weighted by molar-refractivity contribution is 5.70. The zero-order valence-corrected chi connectivity index (χ0v) is 17.8. The van der Waals surface area contributed by atoms with E-state index in [1.54, 1.807) is 4.90 Å². The number of rotatable bonds is 3. The number of hydrogen-bond acceptors (Lipinski definition) is 4. The second kappa shape index (κ2) is 7.91.